The topological polar surface area (TPSA) is 472 Å². The Labute approximate surface area is 241 Å². The second kappa shape index (κ2) is 34.6. The van der Waals surface area contributed by atoms with Crippen molar-refractivity contribution in [2.75, 3.05) is 13.2 Å². The van der Waals surface area contributed by atoms with Gasteiger partial charge in [0, 0.05) is 0 Å². The fourth-order valence-electron chi connectivity index (χ4n) is 0.890. The van der Waals surface area contributed by atoms with Crippen molar-refractivity contribution in [1.29, 1.82) is 0 Å². The van der Waals surface area contributed by atoms with Gasteiger partial charge in [0.05, 0.1) is 12.7 Å². The molecule has 0 aromatic carbocycles. The number of Topliss-reactive ketones (excluding diaryl/α,β-unsaturated/α-hetero) is 1. The number of phosphoric acid groups is 2. The van der Waals surface area contributed by atoms with Crippen molar-refractivity contribution in [3.05, 3.63) is 0 Å². The van der Waals surface area contributed by atoms with Gasteiger partial charge in [-0.3, -0.25) is 13.9 Å². The van der Waals surface area contributed by atoms with Gasteiger partial charge >= 0.3 is 88.7 Å². The molecule has 31 heavy (non-hydrogen) atoms. The molecular formula is C6H27Na3O20P2. The van der Waals surface area contributed by atoms with Crippen molar-refractivity contribution in [1.82, 2.24) is 0 Å². The maximum Gasteiger partial charge on any atom is 1.00 e. The minimum Gasteiger partial charge on any atom is -0.848 e. The van der Waals surface area contributed by atoms with Gasteiger partial charge in [0.15, 0.2) is 5.78 Å². The van der Waals surface area contributed by atoms with E-state index < -0.39 is 53.0 Å². The summed E-state index contributed by atoms with van der Waals surface area (Å²) in [5, 5.41) is 29.5. The number of rotatable bonds is 9. The number of carbonyl (C=O) groups excluding carboxylic acids is 1. The minimum absolute atomic E-state index is 0. The van der Waals surface area contributed by atoms with E-state index >= 15 is 0 Å². The van der Waals surface area contributed by atoms with Crippen LogP contribution in [-0.4, -0.2) is 101 Å². The molecule has 0 aromatic heterocycles. The van der Waals surface area contributed by atoms with Gasteiger partial charge in [-0.1, -0.05) is 6.10 Å². The molecule has 0 aromatic rings. The van der Waals surface area contributed by atoms with Crippen LogP contribution in [0.4, 0.5) is 0 Å². The van der Waals surface area contributed by atoms with Gasteiger partial charge in [-0.2, -0.15) is 0 Å². The molecule has 0 aliphatic heterocycles. The van der Waals surface area contributed by atoms with Gasteiger partial charge in [-0.25, -0.2) is 0 Å². The number of ketones is 1. The van der Waals surface area contributed by atoms with Crippen molar-refractivity contribution in [3.63, 3.8) is 0 Å². The van der Waals surface area contributed by atoms with E-state index in [-0.39, 0.29) is 132 Å². The van der Waals surface area contributed by atoms with Gasteiger partial charge < -0.3 is 87.8 Å². The molecule has 0 aliphatic rings. The van der Waals surface area contributed by atoms with Crippen molar-refractivity contribution in [2.45, 2.75) is 18.3 Å². The summed E-state index contributed by atoms with van der Waals surface area (Å²) in [6.45, 7) is -2.58. The molecule has 5 atom stereocenters. The fourth-order valence-corrected chi connectivity index (χ4v) is 1.52. The van der Waals surface area contributed by atoms with E-state index in [4.69, 9.17) is 20.0 Å². The van der Waals surface area contributed by atoms with Crippen LogP contribution in [-0.2, 0) is 23.0 Å². The summed E-state index contributed by atoms with van der Waals surface area (Å²) < 4.78 is 27.6. The molecule has 0 bridgehead atoms. The molecular weight excluding hydrogens is 523 g/mol. The first-order valence-electron chi connectivity index (χ1n) is 4.75. The average molecular weight is 550 g/mol. The van der Waals surface area contributed by atoms with Crippen LogP contribution in [0.2, 0.25) is 0 Å². The Bertz CT molecular complexity index is 429. The molecule has 0 saturated carbocycles. The van der Waals surface area contributed by atoms with Crippen LogP contribution in [0.15, 0.2) is 0 Å². The predicted molar refractivity (Wildman–Crippen MR) is 81.3 cm³/mol. The number of hydrogen-bond acceptors (Lipinski definition) is 10. The van der Waals surface area contributed by atoms with E-state index in [2.05, 4.69) is 9.05 Å². The summed E-state index contributed by atoms with van der Waals surface area (Å²) in [5.41, 5.74) is 0. The minimum atomic E-state index is -5.23. The van der Waals surface area contributed by atoms with E-state index in [1.54, 1.807) is 0 Å². The van der Waals surface area contributed by atoms with Crippen LogP contribution in [0, 0.1) is 0 Å². The molecule has 20 nitrogen and oxygen atoms in total. The summed E-state index contributed by atoms with van der Waals surface area (Å²) in [6, 6.07) is 0. The largest absolute Gasteiger partial charge is 1.00 e. The first-order chi connectivity index (χ1) is 8.83. The van der Waals surface area contributed by atoms with Crippen LogP contribution in [0.3, 0.4) is 0 Å². The molecule has 0 spiro atoms. The van der Waals surface area contributed by atoms with Gasteiger partial charge in [-0.05, 0) is 0 Å². The molecule has 0 saturated heterocycles. The maximum absolute atomic E-state index is 11.3. The Morgan fingerprint density at radius 3 is 1.32 bits per heavy atom. The number of carbonyl (C=O) groups is 1. The van der Waals surface area contributed by atoms with E-state index in [0.717, 1.165) is 0 Å². The Morgan fingerprint density at radius 2 is 1.06 bits per heavy atom. The standard InChI is InChI=1S/C6H13O12P2.3Na.8H2O/c7-3(1-17-19(11,12)13)5(9)6(10)4(8)2-18-20(14,15)16;;;;;;;;;;;/h3,5-7,10H,1-2H2,(H2,11,12,13)(H2,14,15,16);;;;8*1H2/q-1;3*+1;;;;;;;;/p-2/t3-,5-,6-;;;;;;;;;;;/m1.........../s1. The van der Waals surface area contributed by atoms with Gasteiger partial charge in [0.2, 0.25) is 0 Å². The maximum atomic E-state index is 11.3. The van der Waals surface area contributed by atoms with Gasteiger partial charge in [0.1, 0.15) is 12.7 Å². The molecule has 0 amide bonds. The Balaban J connectivity index is -0.0000000328. The van der Waals surface area contributed by atoms with Crippen LogP contribution >= 0.6 is 15.6 Å². The van der Waals surface area contributed by atoms with Crippen molar-refractivity contribution in [2.24, 2.45) is 0 Å². The van der Waals surface area contributed by atoms with E-state index in [0.29, 0.717) is 0 Å². The Kier molecular flexibility index (Phi) is 85.5. The molecule has 20 N–H and O–H groups in total. The molecule has 0 aliphatic carbocycles. The second-order valence-corrected chi connectivity index (χ2v) is 5.84. The molecule has 25 heteroatoms. The van der Waals surface area contributed by atoms with Crippen LogP contribution in [0.5, 0.6) is 0 Å². The quantitative estimate of drug-likeness (QED) is 0.153. The zero-order chi connectivity index (χ0) is 16.1. The summed E-state index contributed by atoms with van der Waals surface area (Å²) in [5.74, 6) is -1.48. The molecule has 184 valence electrons. The van der Waals surface area contributed by atoms with Crippen LogP contribution in [0.1, 0.15) is 0 Å². The Morgan fingerprint density at radius 1 is 0.774 bits per heavy atom. The molecule has 2 unspecified atom stereocenters. The molecule has 0 fully saturated rings. The summed E-state index contributed by atoms with van der Waals surface area (Å²) in [4.78, 5) is 47.8. The average Bonchev–Trinajstić information content (AvgIpc) is 2.29. The van der Waals surface area contributed by atoms with Crippen LogP contribution < -0.4 is 104 Å². The zero-order valence-corrected chi connectivity index (χ0v) is 24.4. The van der Waals surface area contributed by atoms with Gasteiger partial charge in [-0.15, -0.1) is 0 Å². The summed E-state index contributed by atoms with van der Waals surface area (Å²) >= 11 is 0. The molecule has 0 rings (SSSR count). The Hall–Kier alpha value is 2.45. The first-order valence-corrected chi connectivity index (χ1v) is 7.74. The SMILES string of the molecule is O.O.O.O.O.O.O.O.O=C(COP(=O)([O-])O)[C@@H](O)[C@H]([O-])[C@H](O)COP(=O)([O-])O.[Na+].[Na+].[Na+]. The monoisotopic (exact) mass is 550 g/mol. The third-order valence-corrected chi connectivity index (χ3v) is 2.73. The van der Waals surface area contributed by atoms with E-state index in [1.165, 1.54) is 0 Å². The van der Waals surface area contributed by atoms with E-state index in [9.17, 15) is 28.8 Å². The van der Waals surface area contributed by atoms with Crippen molar-refractivity contribution < 1.29 is 190 Å². The van der Waals surface area contributed by atoms with Crippen molar-refractivity contribution >= 4 is 21.4 Å². The predicted octanol–water partition coefficient (Wildman–Crippen LogP) is -20.6. The summed E-state index contributed by atoms with van der Waals surface area (Å²) in [7, 11) is -10.4. The third-order valence-electron chi connectivity index (χ3n) is 1.80. The zero-order valence-electron chi connectivity index (χ0n) is 16.6. The second-order valence-electron chi connectivity index (χ2n) is 3.45. The molecule has 0 radical (unpaired) electrons. The normalized spacial score (nSPS) is 14.4. The smallest absolute Gasteiger partial charge is 0.848 e. The third kappa shape index (κ3) is 43.0. The fraction of sp³-hybridized carbons (Fsp3) is 0.833. The van der Waals surface area contributed by atoms with Crippen LogP contribution in [0.25, 0.3) is 0 Å². The number of hydrogen-bond donors (Lipinski definition) is 4. The summed E-state index contributed by atoms with van der Waals surface area (Å²) in [6.07, 6.45) is -7.15. The molecule has 0 heterocycles. The van der Waals surface area contributed by atoms with Gasteiger partial charge in [0.25, 0.3) is 15.6 Å². The number of phosphoric ester groups is 2. The number of aliphatic hydroxyl groups is 2. The van der Waals surface area contributed by atoms with E-state index in [1.807, 2.05) is 0 Å². The van der Waals surface area contributed by atoms with Crippen molar-refractivity contribution in [3.8, 4) is 0 Å². The number of aliphatic hydroxyl groups excluding tert-OH is 2. The first kappa shape index (κ1) is 76.6.